The minimum atomic E-state index is 0.339. The zero-order valence-electron chi connectivity index (χ0n) is 15.6. The Balaban J connectivity index is 1.70. The summed E-state index contributed by atoms with van der Waals surface area (Å²) in [5.74, 6) is 0. The summed E-state index contributed by atoms with van der Waals surface area (Å²) >= 11 is 0. The van der Waals surface area contributed by atoms with Crippen molar-refractivity contribution in [1.82, 2.24) is 0 Å². The van der Waals surface area contributed by atoms with Crippen LogP contribution in [-0.2, 0) is 4.74 Å². The van der Waals surface area contributed by atoms with E-state index in [0.29, 0.717) is 5.60 Å². The molecule has 0 saturated carbocycles. The van der Waals surface area contributed by atoms with Crippen LogP contribution in [0, 0.1) is 0 Å². The Morgan fingerprint density at radius 3 is 1.32 bits per heavy atom. The lowest BCUT2D eigenvalue weighted by atomic mass is 9.96. The summed E-state index contributed by atoms with van der Waals surface area (Å²) < 4.78 is 5.65. The molecule has 0 bridgehead atoms. The average Bonchev–Trinajstić information content (AvgIpc) is 3.28. The van der Waals surface area contributed by atoms with Gasteiger partial charge in [-0.2, -0.15) is 0 Å². The van der Waals surface area contributed by atoms with Crippen LogP contribution < -0.4 is 0 Å². The highest BCUT2D eigenvalue weighted by atomic mass is 16.6. The lowest BCUT2D eigenvalue weighted by Crippen LogP contribution is -2.09. The fraction of sp³-hybridized carbons (Fsp3) is 1.00. The van der Waals surface area contributed by atoms with E-state index in [-0.39, 0.29) is 0 Å². The van der Waals surface area contributed by atoms with Crippen LogP contribution in [0.4, 0.5) is 0 Å². The van der Waals surface area contributed by atoms with E-state index >= 15 is 0 Å². The van der Waals surface area contributed by atoms with Crippen LogP contribution >= 0.6 is 0 Å². The van der Waals surface area contributed by atoms with Gasteiger partial charge in [0.05, 0.1) is 12.2 Å². The fourth-order valence-corrected chi connectivity index (χ4v) is 3.61. The van der Waals surface area contributed by atoms with Gasteiger partial charge < -0.3 is 4.74 Å². The van der Waals surface area contributed by atoms with Crippen LogP contribution in [0.25, 0.3) is 0 Å². The molecule has 0 aromatic rings. The van der Waals surface area contributed by atoms with Gasteiger partial charge in [-0.15, -0.1) is 0 Å². The van der Waals surface area contributed by atoms with Crippen molar-refractivity contribution < 1.29 is 4.74 Å². The first-order chi connectivity index (χ1) is 10.8. The molecule has 0 radical (unpaired) electrons. The van der Waals surface area contributed by atoms with Gasteiger partial charge in [-0.3, -0.25) is 0 Å². The highest BCUT2D eigenvalue weighted by Gasteiger charge is 2.42. The van der Waals surface area contributed by atoms with E-state index in [4.69, 9.17) is 4.74 Å². The van der Waals surface area contributed by atoms with E-state index in [1.807, 2.05) is 0 Å². The van der Waals surface area contributed by atoms with Gasteiger partial charge in [0.2, 0.25) is 0 Å². The van der Waals surface area contributed by atoms with Gasteiger partial charge in [-0.25, -0.2) is 0 Å². The smallest absolute Gasteiger partial charge is 0.0916 e. The Morgan fingerprint density at radius 1 is 0.545 bits per heavy atom. The Bertz CT molecular complexity index is 232. The minimum absolute atomic E-state index is 0.339. The van der Waals surface area contributed by atoms with Gasteiger partial charge in [0, 0.05) is 0 Å². The van der Waals surface area contributed by atoms with E-state index in [1.165, 1.54) is 109 Å². The fourth-order valence-electron chi connectivity index (χ4n) is 3.61. The molecular weight excluding hydrogens is 268 g/mol. The van der Waals surface area contributed by atoms with Crippen molar-refractivity contribution in [3.05, 3.63) is 0 Å². The zero-order valence-corrected chi connectivity index (χ0v) is 15.6. The van der Waals surface area contributed by atoms with Gasteiger partial charge in [0.1, 0.15) is 0 Å². The molecule has 1 aliphatic heterocycles. The number of rotatable bonds is 17. The summed E-state index contributed by atoms with van der Waals surface area (Å²) in [6.45, 7) is 5.61. The second-order valence-electron chi connectivity index (χ2n) is 7.57. The number of epoxide rings is 1. The van der Waals surface area contributed by atoms with Crippen LogP contribution in [0.15, 0.2) is 0 Å². The predicted molar refractivity (Wildman–Crippen MR) is 98.5 cm³/mol. The maximum atomic E-state index is 5.65. The molecule has 1 fully saturated rings. The van der Waals surface area contributed by atoms with E-state index in [9.17, 15) is 0 Å². The maximum Gasteiger partial charge on any atom is 0.0916 e. The lowest BCUT2D eigenvalue weighted by Gasteiger charge is -2.09. The van der Waals surface area contributed by atoms with Crippen molar-refractivity contribution >= 4 is 0 Å². The SMILES string of the molecule is CCCCCCCCCCCCCCCCC1(CCC)CO1. The molecule has 1 unspecified atom stereocenters. The molecule has 0 amide bonds. The first-order valence-corrected chi connectivity index (χ1v) is 10.5. The summed E-state index contributed by atoms with van der Waals surface area (Å²) in [5.41, 5.74) is 0.339. The second kappa shape index (κ2) is 13.4. The summed E-state index contributed by atoms with van der Waals surface area (Å²) in [6, 6.07) is 0. The average molecular weight is 311 g/mol. The van der Waals surface area contributed by atoms with Crippen LogP contribution in [-0.4, -0.2) is 12.2 Å². The molecule has 1 rings (SSSR count). The molecule has 0 aromatic heterocycles. The third-order valence-electron chi connectivity index (χ3n) is 5.24. The van der Waals surface area contributed by atoms with Crippen molar-refractivity contribution in [2.45, 2.75) is 129 Å². The molecule has 1 heteroatoms. The molecule has 1 atom stereocenters. The molecule has 1 nitrogen and oxygen atoms in total. The first-order valence-electron chi connectivity index (χ1n) is 10.5. The Hall–Kier alpha value is -0.0400. The quantitative estimate of drug-likeness (QED) is 0.201. The van der Waals surface area contributed by atoms with Crippen molar-refractivity contribution in [2.24, 2.45) is 0 Å². The topological polar surface area (TPSA) is 12.5 Å². The van der Waals surface area contributed by atoms with E-state index in [1.54, 1.807) is 0 Å². The molecule has 132 valence electrons. The standard InChI is InChI=1S/C21H42O/c1-3-5-6-7-8-9-10-11-12-13-14-15-16-17-19-21(18-4-2)20-22-21/h3-20H2,1-2H3. The first kappa shape index (κ1) is 20.0. The Morgan fingerprint density at radius 2 is 0.955 bits per heavy atom. The lowest BCUT2D eigenvalue weighted by molar-refractivity contribution is 0.265. The maximum absolute atomic E-state index is 5.65. The predicted octanol–water partition coefficient (Wildman–Crippen LogP) is 7.43. The molecule has 0 aromatic carbocycles. The van der Waals surface area contributed by atoms with Gasteiger partial charge in [-0.1, -0.05) is 110 Å². The van der Waals surface area contributed by atoms with Crippen molar-refractivity contribution in [3.63, 3.8) is 0 Å². The summed E-state index contributed by atoms with van der Waals surface area (Å²) in [5, 5.41) is 0. The van der Waals surface area contributed by atoms with Gasteiger partial charge in [0.15, 0.2) is 0 Å². The Kier molecular flexibility index (Phi) is 12.2. The third kappa shape index (κ3) is 10.6. The molecule has 1 saturated heterocycles. The third-order valence-corrected chi connectivity index (χ3v) is 5.24. The second-order valence-corrected chi connectivity index (χ2v) is 7.57. The summed E-state index contributed by atoms with van der Waals surface area (Å²) in [7, 11) is 0. The molecule has 0 aliphatic carbocycles. The highest BCUT2D eigenvalue weighted by molar-refractivity contribution is 4.91. The van der Waals surface area contributed by atoms with Gasteiger partial charge in [-0.05, 0) is 12.8 Å². The van der Waals surface area contributed by atoms with Crippen LogP contribution in [0.5, 0.6) is 0 Å². The van der Waals surface area contributed by atoms with Crippen molar-refractivity contribution in [3.8, 4) is 0 Å². The Labute approximate surface area is 140 Å². The normalized spacial score (nSPS) is 20.5. The van der Waals surface area contributed by atoms with Crippen LogP contribution in [0.3, 0.4) is 0 Å². The monoisotopic (exact) mass is 310 g/mol. The van der Waals surface area contributed by atoms with Gasteiger partial charge >= 0.3 is 0 Å². The largest absolute Gasteiger partial charge is 0.370 e. The van der Waals surface area contributed by atoms with Crippen LogP contribution in [0.1, 0.15) is 123 Å². The van der Waals surface area contributed by atoms with E-state index in [2.05, 4.69) is 13.8 Å². The highest BCUT2D eigenvalue weighted by Crippen LogP contribution is 2.37. The number of unbranched alkanes of at least 4 members (excludes halogenated alkanes) is 13. The number of hydrogen-bond acceptors (Lipinski definition) is 1. The molecular formula is C21H42O. The molecule has 1 heterocycles. The summed E-state index contributed by atoms with van der Waals surface area (Å²) in [4.78, 5) is 0. The van der Waals surface area contributed by atoms with E-state index < -0.39 is 0 Å². The van der Waals surface area contributed by atoms with Crippen molar-refractivity contribution in [1.29, 1.82) is 0 Å². The minimum Gasteiger partial charge on any atom is -0.370 e. The van der Waals surface area contributed by atoms with E-state index in [0.717, 1.165) is 6.61 Å². The summed E-state index contributed by atoms with van der Waals surface area (Å²) in [6.07, 6.45) is 24.2. The van der Waals surface area contributed by atoms with Crippen LogP contribution in [0.2, 0.25) is 0 Å². The molecule has 22 heavy (non-hydrogen) atoms. The number of hydrogen-bond donors (Lipinski definition) is 0. The molecule has 0 spiro atoms. The molecule has 0 N–H and O–H groups in total. The van der Waals surface area contributed by atoms with Crippen molar-refractivity contribution in [2.75, 3.05) is 6.61 Å². The van der Waals surface area contributed by atoms with Gasteiger partial charge in [0.25, 0.3) is 0 Å². The number of ether oxygens (including phenoxy) is 1. The molecule has 1 aliphatic rings. The zero-order chi connectivity index (χ0) is 15.9.